The Morgan fingerprint density at radius 1 is 0.950 bits per heavy atom. The lowest BCUT2D eigenvalue weighted by Gasteiger charge is -2.33. The van der Waals surface area contributed by atoms with Gasteiger partial charge in [-0.1, -0.05) is 73.3 Å². The van der Waals surface area contributed by atoms with Crippen LogP contribution in [0.15, 0.2) is 83.8 Å². The fraction of sp³-hybridized carbons (Fsp3) is 0.333. The number of hydrogen-bond donors (Lipinski definition) is 1. The van der Waals surface area contributed by atoms with Crippen LogP contribution in [0.4, 0.5) is 10.1 Å². The van der Waals surface area contributed by atoms with Crippen molar-refractivity contribution in [2.75, 3.05) is 10.8 Å². The van der Waals surface area contributed by atoms with Gasteiger partial charge >= 0.3 is 0 Å². The molecule has 7 nitrogen and oxygen atoms in total. The second-order valence-corrected chi connectivity index (χ2v) is 12.2. The Hall–Kier alpha value is -3.43. The van der Waals surface area contributed by atoms with Gasteiger partial charge in [-0.2, -0.15) is 0 Å². The molecule has 0 aliphatic heterocycles. The number of carbonyl (C=O) groups excluding carboxylic acids is 2. The zero-order valence-corrected chi connectivity index (χ0v) is 23.9. The summed E-state index contributed by atoms with van der Waals surface area (Å²) in [5, 5.41) is 3.57. The van der Waals surface area contributed by atoms with Crippen molar-refractivity contribution in [2.24, 2.45) is 0 Å². The van der Waals surface area contributed by atoms with Gasteiger partial charge in [0, 0.05) is 17.6 Å². The first-order chi connectivity index (χ1) is 19.2. The van der Waals surface area contributed by atoms with Crippen LogP contribution in [-0.4, -0.2) is 43.8 Å². The van der Waals surface area contributed by atoms with Gasteiger partial charge in [0.15, 0.2) is 0 Å². The Kier molecular flexibility index (Phi) is 9.81. The minimum atomic E-state index is -4.32. The summed E-state index contributed by atoms with van der Waals surface area (Å²) in [6.45, 7) is 0.948. The van der Waals surface area contributed by atoms with Gasteiger partial charge in [0.05, 0.1) is 10.6 Å². The molecule has 10 heteroatoms. The second-order valence-electron chi connectivity index (χ2n) is 9.94. The number of rotatable bonds is 10. The zero-order valence-electron chi connectivity index (χ0n) is 22.3. The van der Waals surface area contributed by atoms with Crippen molar-refractivity contribution in [1.29, 1.82) is 0 Å². The highest BCUT2D eigenvalue weighted by Crippen LogP contribution is 2.27. The number of anilines is 1. The highest BCUT2D eigenvalue weighted by Gasteiger charge is 2.34. The van der Waals surface area contributed by atoms with Gasteiger partial charge in [0.2, 0.25) is 11.8 Å². The number of para-hydroxylation sites is 1. The monoisotopic (exact) mass is 585 g/mol. The third-order valence-corrected chi connectivity index (χ3v) is 9.14. The maximum absolute atomic E-state index is 15.0. The molecular formula is C30H33ClFN3O4S. The molecular weight excluding hydrogens is 553 g/mol. The molecule has 1 saturated carbocycles. The van der Waals surface area contributed by atoms with Crippen molar-refractivity contribution in [3.8, 4) is 0 Å². The first kappa shape index (κ1) is 29.6. The van der Waals surface area contributed by atoms with Crippen LogP contribution in [0, 0.1) is 5.82 Å². The predicted octanol–water partition coefficient (Wildman–Crippen LogP) is 5.54. The summed E-state index contributed by atoms with van der Waals surface area (Å²) in [4.78, 5) is 28.5. The highest BCUT2D eigenvalue weighted by atomic mass is 35.5. The Bertz CT molecular complexity index is 1410. The molecule has 212 valence electrons. The van der Waals surface area contributed by atoms with E-state index in [1.54, 1.807) is 49.4 Å². The van der Waals surface area contributed by atoms with E-state index in [2.05, 4.69) is 5.32 Å². The van der Waals surface area contributed by atoms with E-state index < -0.39 is 34.3 Å². The number of amides is 2. The van der Waals surface area contributed by atoms with Crippen molar-refractivity contribution in [3.63, 3.8) is 0 Å². The molecule has 0 heterocycles. The van der Waals surface area contributed by atoms with E-state index in [9.17, 15) is 22.4 Å². The van der Waals surface area contributed by atoms with Crippen molar-refractivity contribution in [3.05, 3.63) is 95.3 Å². The standard InChI is InChI=1S/C30H33ClFN3O4S/c1-22(30(37)33-25-10-4-2-5-11-25)34(20-23-16-18-24(31)19-17-23)29(36)21-35(28-15-9-8-14-27(28)32)40(38,39)26-12-6-3-7-13-26/h3,6-9,12-19,22,25H,2,4-5,10-11,20-21H2,1H3,(H,33,37)/t22-/m1/s1. The van der Waals surface area contributed by atoms with E-state index in [0.717, 1.165) is 42.5 Å². The number of sulfonamides is 1. The summed E-state index contributed by atoms with van der Waals surface area (Å²) in [6.07, 6.45) is 4.94. The summed E-state index contributed by atoms with van der Waals surface area (Å²) in [5.41, 5.74) is 0.448. The quantitative estimate of drug-likeness (QED) is 0.338. The topological polar surface area (TPSA) is 86.8 Å². The Morgan fingerprint density at radius 3 is 2.23 bits per heavy atom. The average molecular weight is 586 g/mol. The lowest BCUT2D eigenvalue weighted by molar-refractivity contribution is -0.139. The Morgan fingerprint density at radius 2 is 1.57 bits per heavy atom. The highest BCUT2D eigenvalue weighted by molar-refractivity contribution is 7.92. The molecule has 1 N–H and O–H groups in total. The van der Waals surface area contributed by atoms with Crippen LogP contribution in [-0.2, 0) is 26.2 Å². The fourth-order valence-electron chi connectivity index (χ4n) is 4.82. The van der Waals surface area contributed by atoms with E-state index in [1.165, 1.54) is 35.2 Å². The normalized spacial score (nSPS) is 14.8. The molecule has 0 bridgehead atoms. The van der Waals surface area contributed by atoms with Crippen molar-refractivity contribution >= 4 is 39.1 Å². The fourth-order valence-corrected chi connectivity index (χ4v) is 6.39. The summed E-state index contributed by atoms with van der Waals surface area (Å²) < 4.78 is 43.1. The molecule has 2 amide bonds. The van der Waals surface area contributed by atoms with E-state index in [-0.39, 0.29) is 29.1 Å². The maximum atomic E-state index is 15.0. The van der Waals surface area contributed by atoms with Gasteiger partial charge in [-0.15, -0.1) is 0 Å². The molecule has 0 spiro atoms. The van der Waals surface area contributed by atoms with Crippen LogP contribution in [0.3, 0.4) is 0 Å². The van der Waals surface area contributed by atoms with Crippen LogP contribution >= 0.6 is 11.6 Å². The lowest BCUT2D eigenvalue weighted by atomic mass is 9.95. The molecule has 0 radical (unpaired) electrons. The molecule has 0 aromatic heterocycles. The minimum absolute atomic E-state index is 0.0320. The van der Waals surface area contributed by atoms with Crippen LogP contribution in [0.2, 0.25) is 5.02 Å². The molecule has 1 fully saturated rings. The Balaban J connectivity index is 1.67. The van der Waals surface area contributed by atoms with Gasteiger partial charge in [-0.3, -0.25) is 13.9 Å². The van der Waals surface area contributed by atoms with Crippen LogP contribution < -0.4 is 9.62 Å². The summed E-state index contributed by atoms with van der Waals surface area (Å²) >= 11 is 6.04. The SMILES string of the molecule is C[C@H](C(=O)NC1CCCCC1)N(Cc1ccc(Cl)cc1)C(=O)CN(c1ccccc1F)S(=O)(=O)c1ccccc1. The van der Waals surface area contributed by atoms with Crippen molar-refractivity contribution in [1.82, 2.24) is 10.2 Å². The third-order valence-electron chi connectivity index (χ3n) is 7.12. The van der Waals surface area contributed by atoms with Crippen LogP contribution in [0.5, 0.6) is 0 Å². The summed E-state index contributed by atoms with van der Waals surface area (Å²) in [5.74, 6) is -1.76. The largest absolute Gasteiger partial charge is 0.352 e. The van der Waals surface area contributed by atoms with E-state index in [1.807, 2.05) is 0 Å². The third kappa shape index (κ3) is 7.20. The molecule has 4 rings (SSSR count). The molecule has 1 aliphatic carbocycles. The van der Waals surface area contributed by atoms with Gasteiger partial charge in [0.25, 0.3) is 10.0 Å². The number of nitrogens with zero attached hydrogens (tertiary/aromatic N) is 2. The number of halogens is 2. The van der Waals surface area contributed by atoms with Gasteiger partial charge < -0.3 is 10.2 Å². The van der Waals surface area contributed by atoms with E-state index in [4.69, 9.17) is 11.6 Å². The van der Waals surface area contributed by atoms with Gasteiger partial charge in [-0.25, -0.2) is 12.8 Å². The maximum Gasteiger partial charge on any atom is 0.264 e. The summed E-state index contributed by atoms with van der Waals surface area (Å²) in [7, 11) is -4.32. The summed E-state index contributed by atoms with van der Waals surface area (Å²) in [6, 6.07) is 18.9. The first-order valence-corrected chi connectivity index (χ1v) is 15.1. The average Bonchev–Trinajstić information content (AvgIpc) is 2.96. The van der Waals surface area contributed by atoms with E-state index >= 15 is 0 Å². The zero-order chi connectivity index (χ0) is 28.7. The number of hydrogen-bond acceptors (Lipinski definition) is 4. The van der Waals surface area contributed by atoms with Gasteiger partial charge in [-0.05, 0) is 61.7 Å². The molecule has 0 unspecified atom stereocenters. The molecule has 1 atom stereocenters. The molecule has 1 aliphatic rings. The molecule has 3 aromatic carbocycles. The van der Waals surface area contributed by atoms with Gasteiger partial charge in [0.1, 0.15) is 18.4 Å². The molecule has 40 heavy (non-hydrogen) atoms. The first-order valence-electron chi connectivity index (χ1n) is 13.3. The van der Waals surface area contributed by atoms with Crippen molar-refractivity contribution in [2.45, 2.75) is 62.6 Å². The Labute approximate surface area is 240 Å². The van der Waals surface area contributed by atoms with Crippen LogP contribution in [0.25, 0.3) is 0 Å². The molecule has 0 saturated heterocycles. The number of nitrogens with one attached hydrogen (secondary N) is 1. The number of carbonyl (C=O) groups is 2. The predicted molar refractivity (Wildman–Crippen MR) is 154 cm³/mol. The minimum Gasteiger partial charge on any atom is -0.352 e. The van der Waals surface area contributed by atoms with Crippen LogP contribution in [0.1, 0.15) is 44.6 Å². The number of benzene rings is 3. The second kappa shape index (κ2) is 13.3. The molecule has 3 aromatic rings. The smallest absolute Gasteiger partial charge is 0.264 e. The van der Waals surface area contributed by atoms with Crippen molar-refractivity contribution < 1.29 is 22.4 Å². The van der Waals surface area contributed by atoms with E-state index in [0.29, 0.717) is 10.6 Å². The lowest BCUT2D eigenvalue weighted by Crippen LogP contribution is -2.53.